The highest BCUT2D eigenvalue weighted by Gasteiger charge is 2.19. The van der Waals surface area contributed by atoms with E-state index in [0.717, 1.165) is 29.0 Å². The van der Waals surface area contributed by atoms with Crippen LogP contribution in [0.3, 0.4) is 0 Å². The van der Waals surface area contributed by atoms with Crippen molar-refractivity contribution in [3.8, 4) is 5.69 Å². The van der Waals surface area contributed by atoms with Crippen LogP contribution in [0, 0.1) is 0 Å². The van der Waals surface area contributed by atoms with E-state index in [0.29, 0.717) is 6.04 Å². The molecule has 18 heavy (non-hydrogen) atoms. The first kappa shape index (κ1) is 11.8. The van der Waals surface area contributed by atoms with Gasteiger partial charge in [0.1, 0.15) is 0 Å². The number of aromatic nitrogens is 4. The fraction of sp³-hybridized carbons (Fsp3) is 0.417. The number of nitrogens with one attached hydrogen (secondary N) is 1. The Morgan fingerprint density at radius 3 is 3.06 bits per heavy atom. The molecule has 3 rings (SSSR count). The highest BCUT2D eigenvalue weighted by atomic mass is 79.9. The minimum absolute atomic E-state index is 0.497. The lowest BCUT2D eigenvalue weighted by molar-refractivity contribution is 0.575. The third kappa shape index (κ3) is 2.30. The molecule has 0 aliphatic carbocycles. The summed E-state index contributed by atoms with van der Waals surface area (Å²) in [4.78, 5) is 0. The van der Waals surface area contributed by atoms with Gasteiger partial charge in [-0.3, -0.25) is 0 Å². The summed E-state index contributed by atoms with van der Waals surface area (Å²) >= 11 is 3.53. The van der Waals surface area contributed by atoms with Gasteiger partial charge in [0.2, 0.25) is 0 Å². The van der Waals surface area contributed by atoms with Gasteiger partial charge < -0.3 is 5.32 Å². The van der Waals surface area contributed by atoms with Crippen molar-refractivity contribution in [1.82, 2.24) is 25.5 Å². The van der Waals surface area contributed by atoms with Gasteiger partial charge in [-0.2, -0.15) is 4.68 Å². The van der Waals surface area contributed by atoms with Gasteiger partial charge in [0.15, 0.2) is 5.82 Å². The fourth-order valence-corrected chi connectivity index (χ4v) is 2.75. The molecule has 0 radical (unpaired) electrons. The second kappa shape index (κ2) is 5.16. The topological polar surface area (TPSA) is 55.6 Å². The Labute approximate surface area is 114 Å². The largest absolute Gasteiger partial charge is 0.314 e. The molecule has 94 valence electrons. The second-order valence-electron chi connectivity index (χ2n) is 4.46. The van der Waals surface area contributed by atoms with Crippen molar-refractivity contribution in [2.24, 2.45) is 0 Å². The lowest BCUT2D eigenvalue weighted by atomic mass is 10.1. The van der Waals surface area contributed by atoms with E-state index in [9.17, 15) is 0 Å². The predicted molar refractivity (Wildman–Crippen MR) is 71.6 cm³/mol. The van der Waals surface area contributed by atoms with Crippen molar-refractivity contribution in [3.05, 3.63) is 34.6 Å². The van der Waals surface area contributed by atoms with E-state index < -0.39 is 0 Å². The van der Waals surface area contributed by atoms with Crippen molar-refractivity contribution in [2.45, 2.75) is 25.3 Å². The Morgan fingerprint density at radius 1 is 1.39 bits per heavy atom. The van der Waals surface area contributed by atoms with E-state index in [1.807, 2.05) is 28.9 Å². The smallest absolute Gasteiger partial charge is 0.158 e. The molecule has 0 spiro atoms. The lowest BCUT2D eigenvalue weighted by Gasteiger charge is -2.10. The summed E-state index contributed by atoms with van der Waals surface area (Å²) in [5, 5.41) is 15.5. The van der Waals surface area contributed by atoms with Gasteiger partial charge in [0.05, 0.1) is 5.69 Å². The van der Waals surface area contributed by atoms with Gasteiger partial charge in [0.25, 0.3) is 0 Å². The molecular formula is C12H14BrN5. The van der Waals surface area contributed by atoms with Gasteiger partial charge in [0, 0.05) is 16.9 Å². The van der Waals surface area contributed by atoms with Gasteiger partial charge in [-0.15, -0.1) is 5.10 Å². The van der Waals surface area contributed by atoms with E-state index in [2.05, 4.69) is 36.8 Å². The molecule has 6 heteroatoms. The molecule has 0 bridgehead atoms. The Bertz CT molecular complexity index is 533. The molecule has 2 heterocycles. The molecule has 1 aliphatic rings. The number of hydrogen-bond acceptors (Lipinski definition) is 4. The van der Waals surface area contributed by atoms with E-state index >= 15 is 0 Å². The van der Waals surface area contributed by atoms with Gasteiger partial charge >= 0.3 is 0 Å². The highest BCUT2D eigenvalue weighted by molar-refractivity contribution is 9.10. The van der Waals surface area contributed by atoms with Crippen molar-refractivity contribution >= 4 is 15.9 Å². The zero-order chi connectivity index (χ0) is 12.4. The van der Waals surface area contributed by atoms with Crippen molar-refractivity contribution in [1.29, 1.82) is 0 Å². The molecule has 1 aromatic heterocycles. The molecule has 5 nitrogen and oxygen atoms in total. The average Bonchev–Trinajstić information content (AvgIpc) is 3.02. The molecule has 2 aromatic rings. The molecular weight excluding hydrogens is 294 g/mol. The maximum atomic E-state index is 4.14. The second-order valence-corrected chi connectivity index (χ2v) is 5.31. The Kier molecular flexibility index (Phi) is 3.38. The van der Waals surface area contributed by atoms with Crippen LogP contribution < -0.4 is 5.32 Å². The maximum absolute atomic E-state index is 4.14. The number of tetrazole rings is 1. The van der Waals surface area contributed by atoms with Crippen molar-refractivity contribution in [2.75, 3.05) is 6.54 Å². The number of halogens is 1. The number of para-hydroxylation sites is 1. The lowest BCUT2D eigenvalue weighted by Crippen LogP contribution is -2.25. The van der Waals surface area contributed by atoms with E-state index in [1.165, 1.54) is 12.8 Å². The highest BCUT2D eigenvalue weighted by Crippen LogP contribution is 2.21. The first-order valence-electron chi connectivity index (χ1n) is 6.10. The van der Waals surface area contributed by atoms with Crippen LogP contribution in [0.1, 0.15) is 18.7 Å². The average molecular weight is 308 g/mol. The minimum Gasteiger partial charge on any atom is -0.314 e. The molecule has 1 unspecified atom stereocenters. The normalized spacial score (nSPS) is 19.3. The monoisotopic (exact) mass is 307 g/mol. The predicted octanol–water partition coefficient (Wildman–Crippen LogP) is 1.72. The van der Waals surface area contributed by atoms with Crippen LogP contribution in [0.15, 0.2) is 28.7 Å². The number of hydrogen-bond donors (Lipinski definition) is 1. The number of rotatable bonds is 3. The van der Waals surface area contributed by atoms with E-state index in [1.54, 1.807) is 0 Å². The van der Waals surface area contributed by atoms with Crippen molar-refractivity contribution in [3.63, 3.8) is 0 Å². The molecule has 1 atom stereocenters. The van der Waals surface area contributed by atoms with E-state index in [-0.39, 0.29) is 0 Å². The summed E-state index contributed by atoms with van der Waals surface area (Å²) in [6, 6.07) is 8.47. The summed E-state index contributed by atoms with van der Waals surface area (Å²) in [7, 11) is 0. The van der Waals surface area contributed by atoms with Gasteiger partial charge in [-0.25, -0.2) is 0 Å². The summed E-state index contributed by atoms with van der Waals surface area (Å²) < 4.78 is 2.81. The molecule has 1 fully saturated rings. The van der Waals surface area contributed by atoms with Crippen LogP contribution in [0.5, 0.6) is 0 Å². The van der Waals surface area contributed by atoms with Crippen LogP contribution in [0.25, 0.3) is 5.69 Å². The van der Waals surface area contributed by atoms with Gasteiger partial charge in [-0.05, 0) is 57.9 Å². The van der Waals surface area contributed by atoms with Crippen LogP contribution in [0.2, 0.25) is 0 Å². The van der Waals surface area contributed by atoms with Crippen LogP contribution in [0.4, 0.5) is 0 Å². The molecule has 1 saturated heterocycles. The van der Waals surface area contributed by atoms with Crippen LogP contribution in [-0.2, 0) is 6.42 Å². The summed E-state index contributed by atoms with van der Waals surface area (Å²) in [6.45, 7) is 1.10. The Morgan fingerprint density at radius 2 is 2.28 bits per heavy atom. The molecule has 1 aliphatic heterocycles. The standard InChI is InChI=1S/C12H14BrN5/c13-10-5-1-2-6-11(10)18-12(15-16-17-18)8-9-4-3-7-14-9/h1-2,5-6,9,14H,3-4,7-8H2. The number of nitrogens with zero attached hydrogens (tertiary/aromatic N) is 4. The molecule has 1 aromatic carbocycles. The molecule has 0 saturated carbocycles. The van der Waals surface area contributed by atoms with Crippen LogP contribution >= 0.6 is 15.9 Å². The van der Waals surface area contributed by atoms with Crippen LogP contribution in [-0.4, -0.2) is 32.8 Å². The van der Waals surface area contributed by atoms with E-state index in [4.69, 9.17) is 0 Å². The van der Waals surface area contributed by atoms with Crippen molar-refractivity contribution < 1.29 is 0 Å². The summed E-state index contributed by atoms with van der Waals surface area (Å²) in [5.41, 5.74) is 0.982. The first-order valence-corrected chi connectivity index (χ1v) is 6.89. The first-order chi connectivity index (χ1) is 8.84. The zero-order valence-corrected chi connectivity index (χ0v) is 11.5. The summed E-state index contributed by atoms with van der Waals surface area (Å²) in [6.07, 6.45) is 3.30. The third-order valence-electron chi connectivity index (χ3n) is 3.21. The minimum atomic E-state index is 0.497. The van der Waals surface area contributed by atoms with Gasteiger partial charge in [-0.1, -0.05) is 12.1 Å². The quantitative estimate of drug-likeness (QED) is 0.938. The molecule has 1 N–H and O–H groups in total. The number of benzene rings is 1. The SMILES string of the molecule is Brc1ccccc1-n1nnnc1CC1CCCN1. The molecule has 0 amide bonds. The fourth-order valence-electron chi connectivity index (χ4n) is 2.29. The summed E-state index contributed by atoms with van der Waals surface area (Å²) in [5.74, 6) is 0.904. The zero-order valence-electron chi connectivity index (χ0n) is 9.88. The Hall–Kier alpha value is -1.27. The Balaban J connectivity index is 1.89. The third-order valence-corrected chi connectivity index (χ3v) is 3.88. The maximum Gasteiger partial charge on any atom is 0.158 e.